The van der Waals surface area contributed by atoms with Gasteiger partial charge in [-0.15, -0.1) is 0 Å². The first-order valence-corrected chi connectivity index (χ1v) is 10.8. The highest BCUT2D eigenvalue weighted by Crippen LogP contribution is 2.14. The summed E-state index contributed by atoms with van der Waals surface area (Å²) in [5, 5.41) is 3.20. The van der Waals surface area contributed by atoms with Gasteiger partial charge in [0, 0.05) is 51.9 Å². The van der Waals surface area contributed by atoms with Gasteiger partial charge in [-0.25, -0.2) is 0 Å². The van der Waals surface area contributed by atoms with E-state index in [1.54, 1.807) is 17.0 Å². The number of hydrogen-bond donors (Lipinski definition) is 1. The molecule has 2 saturated heterocycles. The van der Waals surface area contributed by atoms with Gasteiger partial charge in [-0.1, -0.05) is 30.3 Å². The highest BCUT2D eigenvalue weighted by molar-refractivity contribution is 5.91. The second-order valence-corrected chi connectivity index (χ2v) is 8.15. The van der Waals surface area contributed by atoms with Crippen molar-refractivity contribution in [3.8, 4) is 0 Å². The molecule has 1 N–H and O–H groups in total. The summed E-state index contributed by atoms with van der Waals surface area (Å²) in [5.41, 5.74) is 1.34. The third-order valence-electron chi connectivity index (χ3n) is 5.96. The quantitative estimate of drug-likeness (QED) is 0.787. The smallest absolute Gasteiger partial charge is 0.289 e. The number of piperidine rings is 1. The van der Waals surface area contributed by atoms with Crippen LogP contribution in [0.25, 0.3) is 0 Å². The lowest BCUT2D eigenvalue weighted by atomic mass is 10.0. The van der Waals surface area contributed by atoms with Gasteiger partial charge in [-0.05, 0) is 30.5 Å². The molecule has 2 amide bonds. The summed E-state index contributed by atoms with van der Waals surface area (Å²) in [7, 11) is 0. The Bertz CT molecular complexity index is 808. The fourth-order valence-electron chi connectivity index (χ4n) is 4.22. The van der Waals surface area contributed by atoms with Gasteiger partial charge in [-0.3, -0.25) is 19.4 Å². The van der Waals surface area contributed by atoms with Gasteiger partial charge in [-0.2, -0.15) is 0 Å². The molecule has 0 aliphatic carbocycles. The van der Waals surface area contributed by atoms with E-state index in [0.717, 1.165) is 32.5 Å². The molecule has 2 fully saturated rings. The number of rotatable bonds is 6. The number of amides is 2. The zero-order valence-corrected chi connectivity index (χ0v) is 17.3. The lowest BCUT2D eigenvalue weighted by Gasteiger charge is -2.35. The Hall–Kier alpha value is -2.64. The Morgan fingerprint density at radius 2 is 1.63 bits per heavy atom. The van der Waals surface area contributed by atoms with Gasteiger partial charge >= 0.3 is 0 Å². The minimum atomic E-state index is -0.0774. The molecule has 2 aliphatic heterocycles. The topological polar surface area (TPSA) is 69.0 Å². The molecule has 160 valence electrons. The van der Waals surface area contributed by atoms with E-state index in [-0.39, 0.29) is 17.9 Å². The van der Waals surface area contributed by atoms with Crippen molar-refractivity contribution < 1.29 is 14.0 Å². The van der Waals surface area contributed by atoms with Crippen LogP contribution in [-0.4, -0.2) is 78.4 Å². The number of benzene rings is 1. The number of nitrogens with zero attached hydrogens (tertiary/aromatic N) is 3. The zero-order valence-electron chi connectivity index (χ0n) is 17.3. The number of piperazine rings is 1. The Labute approximate surface area is 177 Å². The molecule has 0 unspecified atom stereocenters. The number of furan rings is 1. The SMILES string of the molecule is O=C(CN1CCN(C(=O)c2ccco2)CC1)NC1CCN(Cc2ccccc2)CC1. The normalized spacial score (nSPS) is 19.0. The average Bonchev–Trinajstić information content (AvgIpc) is 3.31. The van der Waals surface area contributed by atoms with Crippen molar-refractivity contribution in [2.45, 2.75) is 25.4 Å². The molecule has 4 rings (SSSR count). The van der Waals surface area contributed by atoms with Crippen molar-refractivity contribution in [2.24, 2.45) is 0 Å². The van der Waals surface area contributed by atoms with Crippen molar-refractivity contribution in [1.82, 2.24) is 20.0 Å². The first kappa shape index (κ1) is 20.6. The van der Waals surface area contributed by atoms with Crippen LogP contribution in [0.15, 0.2) is 53.1 Å². The van der Waals surface area contributed by atoms with E-state index in [9.17, 15) is 9.59 Å². The molecular formula is C23H30N4O3. The fraction of sp³-hybridized carbons (Fsp3) is 0.478. The fourth-order valence-corrected chi connectivity index (χ4v) is 4.22. The zero-order chi connectivity index (χ0) is 20.8. The Kier molecular flexibility index (Phi) is 6.81. The molecule has 0 atom stereocenters. The molecular weight excluding hydrogens is 380 g/mol. The summed E-state index contributed by atoms with van der Waals surface area (Å²) >= 11 is 0. The van der Waals surface area contributed by atoms with Crippen LogP contribution < -0.4 is 5.32 Å². The van der Waals surface area contributed by atoms with Gasteiger partial charge in [0.2, 0.25) is 5.91 Å². The van der Waals surface area contributed by atoms with E-state index in [1.165, 1.54) is 11.8 Å². The maximum Gasteiger partial charge on any atom is 0.289 e. The molecule has 2 aliphatic rings. The van der Waals surface area contributed by atoms with Crippen molar-refractivity contribution >= 4 is 11.8 Å². The highest BCUT2D eigenvalue weighted by atomic mass is 16.3. The predicted molar refractivity (Wildman–Crippen MR) is 114 cm³/mol. The third-order valence-corrected chi connectivity index (χ3v) is 5.96. The summed E-state index contributed by atoms with van der Waals surface area (Å²) < 4.78 is 5.19. The van der Waals surface area contributed by atoms with E-state index in [0.29, 0.717) is 38.5 Å². The summed E-state index contributed by atoms with van der Waals surface area (Å²) in [6, 6.07) is 14.2. The number of likely N-dealkylation sites (tertiary alicyclic amines) is 1. The Balaban J connectivity index is 1.14. The summed E-state index contributed by atoms with van der Waals surface area (Å²) in [6.07, 6.45) is 3.49. The molecule has 1 aromatic carbocycles. The molecule has 3 heterocycles. The van der Waals surface area contributed by atoms with E-state index < -0.39 is 0 Å². The van der Waals surface area contributed by atoms with Crippen molar-refractivity contribution in [1.29, 1.82) is 0 Å². The largest absolute Gasteiger partial charge is 0.459 e. The predicted octanol–water partition coefficient (Wildman–Crippen LogP) is 1.82. The average molecular weight is 411 g/mol. The van der Waals surface area contributed by atoms with Crippen LogP contribution in [0.2, 0.25) is 0 Å². The lowest BCUT2D eigenvalue weighted by molar-refractivity contribution is -0.123. The van der Waals surface area contributed by atoms with Crippen LogP contribution in [0.1, 0.15) is 29.0 Å². The van der Waals surface area contributed by atoms with E-state index in [1.807, 2.05) is 6.07 Å². The van der Waals surface area contributed by atoms with Crippen LogP contribution in [0, 0.1) is 0 Å². The van der Waals surface area contributed by atoms with Gasteiger partial charge in [0.1, 0.15) is 0 Å². The van der Waals surface area contributed by atoms with Crippen LogP contribution in [-0.2, 0) is 11.3 Å². The Morgan fingerprint density at radius 1 is 0.900 bits per heavy atom. The molecule has 1 aromatic heterocycles. The van der Waals surface area contributed by atoms with Gasteiger partial charge < -0.3 is 14.6 Å². The molecule has 7 heteroatoms. The number of carbonyl (C=O) groups excluding carboxylic acids is 2. The third kappa shape index (κ3) is 5.49. The summed E-state index contributed by atoms with van der Waals surface area (Å²) in [5.74, 6) is 0.383. The highest BCUT2D eigenvalue weighted by Gasteiger charge is 2.26. The lowest BCUT2D eigenvalue weighted by Crippen LogP contribution is -2.52. The second kappa shape index (κ2) is 9.91. The van der Waals surface area contributed by atoms with Crippen LogP contribution in [0.5, 0.6) is 0 Å². The molecule has 0 bridgehead atoms. The van der Waals surface area contributed by atoms with Crippen LogP contribution in [0.4, 0.5) is 0 Å². The minimum Gasteiger partial charge on any atom is -0.459 e. The first-order valence-electron chi connectivity index (χ1n) is 10.8. The van der Waals surface area contributed by atoms with Crippen molar-refractivity contribution in [3.05, 3.63) is 60.1 Å². The first-order chi connectivity index (χ1) is 14.7. The summed E-state index contributed by atoms with van der Waals surface area (Å²) in [4.78, 5) is 31.2. The maximum absolute atomic E-state index is 12.5. The molecule has 2 aromatic rings. The monoisotopic (exact) mass is 410 g/mol. The standard InChI is InChI=1S/C23H30N4O3/c28-22(18-26-12-14-27(15-13-26)23(29)21-7-4-16-30-21)24-20-8-10-25(11-9-20)17-19-5-2-1-3-6-19/h1-7,16,20H,8-15,17-18H2,(H,24,28). The Morgan fingerprint density at radius 3 is 2.30 bits per heavy atom. The van der Waals surface area contributed by atoms with Gasteiger partial charge in [0.25, 0.3) is 5.91 Å². The molecule has 30 heavy (non-hydrogen) atoms. The maximum atomic E-state index is 12.5. The van der Waals surface area contributed by atoms with Crippen LogP contribution in [0.3, 0.4) is 0 Å². The van der Waals surface area contributed by atoms with Crippen LogP contribution >= 0.6 is 0 Å². The summed E-state index contributed by atoms with van der Waals surface area (Å²) in [6.45, 7) is 6.02. The number of hydrogen-bond acceptors (Lipinski definition) is 5. The minimum absolute atomic E-state index is 0.0774. The van der Waals surface area contributed by atoms with Crippen molar-refractivity contribution in [3.63, 3.8) is 0 Å². The van der Waals surface area contributed by atoms with Gasteiger partial charge in [0.05, 0.1) is 12.8 Å². The number of nitrogens with one attached hydrogen (secondary N) is 1. The molecule has 0 saturated carbocycles. The molecule has 0 spiro atoms. The molecule has 7 nitrogen and oxygen atoms in total. The number of carbonyl (C=O) groups is 2. The second-order valence-electron chi connectivity index (χ2n) is 8.15. The van der Waals surface area contributed by atoms with E-state index >= 15 is 0 Å². The van der Waals surface area contributed by atoms with E-state index in [4.69, 9.17) is 4.42 Å². The van der Waals surface area contributed by atoms with Crippen molar-refractivity contribution in [2.75, 3.05) is 45.8 Å². The van der Waals surface area contributed by atoms with E-state index in [2.05, 4.69) is 39.4 Å². The van der Waals surface area contributed by atoms with Gasteiger partial charge in [0.15, 0.2) is 5.76 Å². The molecule has 0 radical (unpaired) electrons.